The van der Waals surface area contributed by atoms with Gasteiger partial charge in [-0.15, -0.1) is 0 Å². The molecule has 1 aliphatic heterocycles. The molecule has 0 spiro atoms. The summed E-state index contributed by atoms with van der Waals surface area (Å²) in [5.74, 6) is -0.318. The van der Waals surface area contributed by atoms with E-state index in [0.717, 1.165) is 4.90 Å². The normalized spacial score (nSPS) is 20.4. The van der Waals surface area contributed by atoms with Gasteiger partial charge in [-0.05, 0) is 11.6 Å². The number of rotatable bonds is 2. The number of anilines is 2. The number of amides is 1. The van der Waals surface area contributed by atoms with Gasteiger partial charge in [-0.2, -0.15) is 4.98 Å². The fraction of sp³-hybridized carbons (Fsp3) is 0.375. The maximum absolute atomic E-state index is 11.7. The monoisotopic (exact) mass is 291 g/mol. The lowest BCUT2D eigenvalue weighted by Crippen LogP contribution is -2.32. The zero-order chi connectivity index (χ0) is 13.5. The highest BCUT2D eigenvalue weighted by Crippen LogP contribution is 2.27. The van der Waals surface area contributed by atoms with Gasteiger partial charge in [-0.25, -0.2) is 18.5 Å². The van der Waals surface area contributed by atoms with E-state index in [1.165, 1.54) is 6.20 Å². The number of carbonyl (C=O) groups excluding carboxylic acids is 1. The molecule has 1 aliphatic rings. The number of nitrogens with two attached hydrogens (primary N) is 2. The number of nitrogens with zero attached hydrogens (tertiary/aromatic N) is 3. The van der Waals surface area contributed by atoms with Crippen molar-refractivity contribution in [2.45, 2.75) is 11.7 Å². The van der Waals surface area contributed by atoms with Gasteiger partial charge in [0.25, 0.3) is 0 Å². The fourth-order valence-electron chi connectivity index (χ4n) is 1.68. The second-order valence-electron chi connectivity index (χ2n) is 3.84. The van der Waals surface area contributed by atoms with E-state index in [1.54, 1.807) is 0 Å². The van der Waals surface area contributed by atoms with Crippen LogP contribution in [0.1, 0.15) is 6.42 Å². The van der Waals surface area contributed by atoms with Crippen LogP contribution >= 0.6 is 11.6 Å². The van der Waals surface area contributed by atoms with Crippen molar-refractivity contribution < 1.29 is 13.2 Å². The van der Waals surface area contributed by atoms with Crippen LogP contribution in [0.3, 0.4) is 0 Å². The van der Waals surface area contributed by atoms with Crippen molar-refractivity contribution in [1.82, 2.24) is 9.97 Å². The Morgan fingerprint density at radius 3 is 2.72 bits per heavy atom. The molecule has 1 amide bonds. The molecular weight excluding hydrogens is 282 g/mol. The Kier molecular flexibility index (Phi) is 3.13. The summed E-state index contributed by atoms with van der Waals surface area (Å²) in [6, 6.07) is 0. The van der Waals surface area contributed by atoms with Crippen LogP contribution in [-0.2, 0) is 14.8 Å². The molecule has 98 valence electrons. The molecule has 1 saturated heterocycles. The summed E-state index contributed by atoms with van der Waals surface area (Å²) in [4.78, 5) is 20.4. The first-order valence-electron chi connectivity index (χ1n) is 4.89. The molecule has 0 saturated carbocycles. The Balaban J connectivity index is 2.35. The standard InChI is InChI=1S/C8H10ClN5O3S/c9-8-12-2-5(10)7(13-8)14-3-4(1-6(14)15)18(11,16)17/h2,4H,1,3,10H2,(H2,11,16,17). The van der Waals surface area contributed by atoms with Gasteiger partial charge in [-0.3, -0.25) is 9.69 Å². The molecule has 1 atom stereocenters. The minimum absolute atomic E-state index is 0.0777. The van der Waals surface area contributed by atoms with Gasteiger partial charge in [0, 0.05) is 13.0 Å². The predicted octanol–water partition coefficient (Wildman–Crippen LogP) is -0.894. The maximum atomic E-state index is 11.7. The SMILES string of the molecule is Nc1cnc(Cl)nc1N1CC(S(N)(=O)=O)CC1=O. The molecule has 2 heterocycles. The summed E-state index contributed by atoms with van der Waals surface area (Å²) < 4.78 is 22.4. The highest BCUT2D eigenvalue weighted by atomic mass is 35.5. The largest absolute Gasteiger partial charge is 0.394 e. The second-order valence-corrected chi connectivity index (χ2v) is 6.02. The minimum atomic E-state index is -3.78. The first kappa shape index (κ1) is 13.0. The van der Waals surface area contributed by atoms with Crippen LogP contribution in [0.15, 0.2) is 6.20 Å². The zero-order valence-electron chi connectivity index (χ0n) is 9.08. The van der Waals surface area contributed by atoms with Gasteiger partial charge in [0.05, 0.1) is 11.9 Å². The molecule has 1 unspecified atom stereocenters. The topological polar surface area (TPSA) is 132 Å². The summed E-state index contributed by atoms with van der Waals surface area (Å²) in [5.41, 5.74) is 5.77. The number of aromatic nitrogens is 2. The average Bonchev–Trinajstić information content (AvgIpc) is 2.64. The van der Waals surface area contributed by atoms with E-state index in [4.69, 9.17) is 22.5 Å². The number of nitrogen functional groups attached to an aromatic ring is 1. The van der Waals surface area contributed by atoms with Crippen LogP contribution in [0.5, 0.6) is 0 Å². The Labute approximate surface area is 108 Å². The molecule has 0 radical (unpaired) electrons. The van der Waals surface area contributed by atoms with E-state index in [0.29, 0.717) is 0 Å². The van der Waals surface area contributed by atoms with Gasteiger partial charge >= 0.3 is 0 Å². The molecular formula is C8H10ClN5O3S. The summed E-state index contributed by atoms with van der Waals surface area (Å²) in [6.45, 7) is -0.0881. The zero-order valence-corrected chi connectivity index (χ0v) is 10.6. The molecule has 0 bridgehead atoms. The Hall–Kier alpha value is -1.45. The number of halogens is 1. The van der Waals surface area contributed by atoms with Gasteiger partial charge < -0.3 is 5.73 Å². The third-order valence-corrected chi connectivity index (χ3v) is 4.00. The maximum Gasteiger partial charge on any atom is 0.229 e. The Morgan fingerprint density at radius 1 is 1.50 bits per heavy atom. The number of sulfonamides is 1. The molecule has 0 aromatic carbocycles. The van der Waals surface area contributed by atoms with Gasteiger partial charge in [-0.1, -0.05) is 0 Å². The van der Waals surface area contributed by atoms with Crippen LogP contribution < -0.4 is 15.8 Å². The minimum Gasteiger partial charge on any atom is -0.394 e. The number of hydrogen-bond acceptors (Lipinski definition) is 6. The van der Waals surface area contributed by atoms with Crippen LogP contribution in [0.4, 0.5) is 11.5 Å². The number of hydrogen-bond donors (Lipinski definition) is 2. The molecule has 2 rings (SSSR count). The lowest BCUT2D eigenvalue weighted by atomic mass is 10.4. The van der Waals surface area contributed by atoms with Gasteiger partial charge in [0.15, 0.2) is 5.82 Å². The molecule has 10 heteroatoms. The number of carbonyl (C=O) groups is 1. The molecule has 8 nitrogen and oxygen atoms in total. The van der Waals surface area contributed by atoms with E-state index in [2.05, 4.69) is 9.97 Å². The van der Waals surface area contributed by atoms with Crippen molar-refractivity contribution in [3.63, 3.8) is 0 Å². The summed E-state index contributed by atoms with van der Waals surface area (Å²) in [6.07, 6.45) is 1.06. The van der Waals surface area contributed by atoms with E-state index < -0.39 is 21.2 Å². The van der Waals surface area contributed by atoms with E-state index >= 15 is 0 Å². The highest BCUT2D eigenvalue weighted by Gasteiger charge is 2.38. The Morgan fingerprint density at radius 2 is 2.17 bits per heavy atom. The summed E-state index contributed by atoms with van der Waals surface area (Å²) in [7, 11) is -3.78. The summed E-state index contributed by atoms with van der Waals surface area (Å²) >= 11 is 5.61. The van der Waals surface area contributed by atoms with Crippen molar-refractivity contribution in [3.05, 3.63) is 11.5 Å². The third-order valence-electron chi connectivity index (χ3n) is 2.58. The van der Waals surface area contributed by atoms with Crippen molar-refractivity contribution in [3.8, 4) is 0 Å². The smallest absolute Gasteiger partial charge is 0.229 e. The third kappa shape index (κ3) is 2.37. The first-order valence-corrected chi connectivity index (χ1v) is 6.88. The van der Waals surface area contributed by atoms with Crippen molar-refractivity contribution in [2.75, 3.05) is 17.2 Å². The van der Waals surface area contributed by atoms with Crippen LogP contribution in [0, 0.1) is 0 Å². The lowest BCUT2D eigenvalue weighted by molar-refractivity contribution is -0.117. The van der Waals surface area contributed by atoms with Gasteiger partial charge in [0.2, 0.25) is 21.2 Å². The highest BCUT2D eigenvalue weighted by molar-refractivity contribution is 7.89. The van der Waals surface area contributed by atoms with Crippen LogP contribution in [0.25, 0.3) is 0 Å². The molecule has 4 N–H and O–H groups in total. The molecule has 1 fully saturated rings. The molecule has 1 aromatic heterocycles. The molecule has 0 aliphatic carbocycles. The van der Waals surface area contributed by atoms with Crippen LogP contribution in [0.2, 0.25) is 5.28 Å². The second kappa shape index (κ2) is 4.34. The lowest BCUT2D eigenvalue weighted by Gasteiger charge is -2.16. The quantitative estimate of drug-likeness (QED) is 0.679. The average molecular weight is 292 g/mol. The van der Waals surface area contributed by atoms with E-state index in [9.17, 15) is 13.2 Å². The summed E-state index contributed by atoms with van der Waals surface area (Å²) in [5, 5.41) is 3.98. The van der Waals surface area contributed by atoms with E-state index in [-0.39, 0.29) is 29.8 Å². The van der Waals surface area contributed by atoms with Crippen molar-refractivity contribution in [2.24, 2.45) is 5.14 Å². The molecule has 18 heavy (non-hydrogen) atoms. The number of primary sulfonamides is 1. The Bertz CT molecular complexity index is 605. The van der Waals surface area contributed by atoms with Crippen LogP contribution in [-0.4, -0.2) is 36.1 Å². The van der Waals surface area contributed by atoms with E-state index in [1.807, 2.05) is 0 Å². The molecule has 1 aromatic rings. The predicted molar refractivity (Wildman–Crippen MR) is 65.3 cm³/mol. The van der Waals surface area contributed by atoms with Crippen molar-refractivity contribution in [1.29, 1.82) is 0 Å². The fourth-order valence-corrected chi connectivity index (χ4v) is 2.54. The van der Waals surface area contributed by atoms with Gasteiger partial charge in [0.1, 0.15) is 5.25 Å². The first-order chi connectivity index (χ1) is 8.29. The van der Waals surface area contributed by atoms with Crippen molar-refractivity contribution >= 4 is 39.0 Å².